The lowest BCUT2D eigenvalue weighted by molar-refractivity contribution is -0.613. The van der Waals surface area contributed by atoms with Crippen LogP contribution in [0.5, 0.6) is 0 Å². The van der Waals surface area contributed by atoms with Gasteiger partial charge in [0, 0.05) is 24.4 Å². The van der Waals surface area contributed by atoms with E-state index in [4.69, 9.17) is 0 Å². The number of hydrogen-bond acceptors (Lipinski definition) is 2. The average molecular weight is 297 g/mol. The van der Waals surface area contributed by atoms with Crippen molar-refractivity contribution in [1.29, 1.82) is 0 Å². The van der Waals surface area contributed by atoms with Gasteiger partial charge in [0.25, 0.3) is 0 Å². The van der Waals surface area contributed by atoms with E-state index in [2.05, 4.69) is 65.8 Å². The van der Waals surface area contributed by atoms with Gasteiger partial charge < -0.3 is 0 Å². The molecule has 6 nitrogen and oxygen atoms in total. The number of H-pyrrole nitrogens is 1. The third-order valence-electron chi connectivity index (χ3n) is 3.86. The highest BCUT2D eigenvalue weighted by atomic mass is 15.5. The number of hydrogen-bond donors (Lipinski definition) is 1. The van der Waals surface area contributed by atoms with Crippen molar-refractivity contribution in [2.75, 3.05) is 0 Å². The maximum Gasteiger partial charge on any atom is 0.819 e. The molecule has 0 amide bonds. The third kappa shape index (κ3) is 2.36. The van der Waals surface area contributed by atoms with Crippen LogP contribution in [0.2, 0.25) is 0 Å². The van der Waals surface area contributed by atoms with Gasteiger partial charge in [0.05, 0.1) is 17.1 Å². The van der Waals surface area contributed by atoms with Crippen molar-refractivity contribution in [1.82, 2.24) is 24.5 Å². The fourth-order valence-electron chi connectivity index (χ4n) is 3.02. The first-order valence-electron chi connectivity index (χ1n) is 7.50. The topological polar surface area (TPSA) is 55.3 Å². The fourth-order valence-corrected chi connectivity index (χ4v) is 3.02. The van der Waals surface area contributed by atoms with Crippen LogP contribution in [0.3, 0.4) is 0 Å². The SMILES string of the molecule is Cc1cc(C)n(B(n2nc(C)cc2C)[n+]2[nH]c(C)cc2C)n1. The highest BCUT2D eigenvalue weighted by molar-refractivity contribution is 6.45. The van der Waals surface area contributed by atoms with Gasteiger partial charge in [0.1, 0.15) is 0 Å². The van der Waals surface area contributed by atoms with E-state index in [1.54, 1.807) is 0 Å². The van der Waals surface area contributed by atoms with Crippen molar-refractivity contribution in [3.63, 3.8) is 0 Å². The molecule has 3 rings (SSSR count). The van der Waals surface area contributed by atoms with Crippen molar-refractivity contribution < 1.29 is 4.59 Å². The van der Waals surface area contributed by atoms with Crippen LogP contribution in [0, 0.1) is 41.5 Å². The third-order valence-corrected chi connectivity index (χ3v) is 3.86. The summed E-state index contributed by atoms with van der Waals surface area (Å²) in [4.78, 5) is 0. The quantitative estimate of drug-likeness (QED) is 0.744. The van der Waals surface area contributed by atoms with E-state index in [9.17, 15) is 0 Å². The van der Waals surface area contributed by atoms with Gasteiger partial charge >= 0.3 is 7.12 Å². The number of nitrogens with zero attached hydrogens (tertiary/aromatic N) is 5. The molecular weight excluding hydrogens is 275 g/mol. The molecule has 0 aliphatic carbocycles. The molecule has 0 unspecified atom stereocenters. The Labute approximate surface area is 130 Å². The first kappa shape index (κ1) is 14.6. The lowest BCUT2D eigenvalue weighted by atomic mass is 9.93. The smallest absolute Gasteiger partial charge is 0.217 e. The molecule has 0 fully saturated rings. The maximum atomic E-state index is 4.68. The molecule has 1 N–H and O–H groups in total. The minimum Gasteiger partial charge on any atom is -0.217 e. The summed E-state index contributed by atoms with van der Waals surface area (Å²) in [6.07, 6.45) is 0. The standard InChI is InChI=1S/C15H21BN6/c1-10-7-13(4)20(17-10)16(21-14(5)8-11(2)18-21)22-15(6)9-12(3)19-22/h7-9H,1-6H3/p+1. The summed E-state index contributed by atoms with van der Waals surface area (Å²) in [5.74, 6) is 0. The van der Waals surface area contributed by atoms with E-state index in [1.807, 2.05) is 23.0 Å². The molecule has 0 aromatic carbocycles. The number of aromatic nitrogens is 6. The largest absolute Gasteiger partial charge is 0.819 e. The van der Waals surface area contributed by atoms with Crippen LogP contribution < -0.4 is 4.59 Å². The molecular formula is C15H22BN6+. The lowest BCUT2D eigenvalue weighted by Crippen LogP contribution is -2.65. The van der Waals surface area contributed by atoms with E-state index in [-0.39, 0.29) is 7.12 Å². The summed E-state index contributed by atoms with van der Waals surface area (Å²) in [7, 11) is -0.170. The van der Waals surface area contributed by atoms with Crippen LogP contribution in [-0.2, 0) is 0 Å². The van der Waals surface area contributed by atoms with Gasteiger partial charge in [-0.2, -0.15) is 15.3 Å². The van der Waals surface area contributed by atoms with Crippen molar-refractivity contribution in [2.24, 2.45) is 0 Å². The molecule has 3 heterocycles. The Bertz CT molecular complexity index is 715. The molecule has 0 aliphatic rings. The number of rotatable bonds is 3. The van der Waals surface area contributed by atoms with Gasteiger partial charge in [-0.15, -0.1) is 4.59 Å². The summed E-state index contributed by atoms with van der Waals surface area (Å²) >= 11 is 0. The predicted octanol–water partition coefficient (Wildman–Crippen LogP) is 1.48. The second kappa shape index (κ2) is 5.16. The van der Waals surface area contributed by atoms with E-state index in [0.717, 1.165) is 34.2 Å². The summed E-state index contributed by atoms with van der Waals surface area (Å²) < 4.78 is 6.13. The highest BCUT2D eigenvalue weighted by Gasteiger charge is 2.44. The first-order chi connectivity index (χ1) is 10.4. The molecule has 0 atom stereocenters. The predicted molar refractivity (Wildman–Crippen MR) is 85.8 cm³/mol. The highest BCUT2D eigenvalue weighted by Crippen LogP contribution is 2.08. The molecule has 0 aliphatic heterocycles. The van der Waals surface area contributed by atoms with Gasteiger partial charge in [0.2, 0.25) is 0 Å². The van der Waals surface area contributed by atoms with Gasteiger partial charge in [-0.1, -0.05) is 0 Å². The summed E-state index contributed by atoms with van der Waals surface area (Å²) in [6, 6.07) is 6.30. The van der Waals surface area contributed by atoms with Crippen molar-refractivity contribution in [2.45, 2.75) is 41.5 Å². The Morgan fingerprint density at radius 2 is 1.36 bits per heavy atom. The molecule has 0 bridgehead atoms. The van der Waals surface area contributed by atoms with Gasteiger partial charge in [-0.3, -0.25) is 0 Å². The zero-order valence-corrected chi connectivity index (χ0v) is 14.0. The average Bonchev–Trinajstić information content (AvgIpc) is 3.02. The Morgan fingerprint density at radius 3 is 1.68 bits per heavy atom. The summed E-state index contributed by atoms with van der Waals surface area (Å²) in [5.41, 5.74) is 6.48. The lowest BCUT2D eigenvalue weighted by Gasteiger charge is -2.09. The van der Waals surface area contributed by atoms with Crippen LogP contribution in [-0.4, -0.2) is 31.6 Å². The summed E-state index contributed by atoms with van der Waals surface area (Å²) in [5, 5.41) is 12.8. The van der Waals surface area contributed by atoms with Crippen LogP contribution >= 0.6 is 0 Å². The molecule has 0 radical (unpaired) electrons. The Morgan fingerprint density at radius 1 is 0.864 bits per heavy atom. The van der Waals surface area contributed by atoms with E-state index in [1.165, 1.54) is 0 Å². The zero-order valence-electron chi connectivity index (χ0n) is 14.0. The molecule has 3 aromatic rings. The van der Waals surface area contributed by atoms with Crippen LogP contribution in [0.25, 0.3) is 0 Å². The first-order valence-corrected chi connectivity index (χ1v) is 7.50. The van der Waals surface area contributed by atoms with Gasteiger partial charge in [-0.05, 0) is 46.8 Å². The van der Waals surface area contributed by atoms with Crippen molar-refractivity contribution >= 4 is 7.12 Å². The molecule has 0 saturated carbocycles. The van der Waals surface area contributed by atoms with Gasteiger partial charge in [-0.25, -0.2) is 9.19 Å². The number of aromatic amines is 1. The molecule has 22 heavy (non-hydrogen) atoms. The van der Waals surface area contributed by atoms with Crippen LogP contribution in [0.4, 0.5) is 0 Å². The second-order valence-corrected chi connectivity index (χ2v) is 6.04. The molecule has 7 heteroatoms. The minimum absolute atomic E-state index is 0.170. The van der Waals surface area contributed by atoms with Crippen molar-refractivity contribution in [3.8, 4) is 0 Å². The molecule has 0 spiro atoms. The molecule has 3 aromatic heterocycles. The Kier molecular flexibility index (Phi) is 3.43. The molecule has 114 valence electrons. The summed E-state index contributed by atoms with van der Waals surface area (Å²) in [6.45, 7) is 12.3. The fraction of sp³-hybridized carbons (Fsp3) is 0.400. The van der Waals surface area contributed by atoms with E-state index >= 15 is 0 Å². The zero-order chi connectivity index (χ0) is 16.0. The monoisotopic (exact) mass is 297 g/mol. The Hall–Kier alpha value is -2.31. The normalized spacial score (nSPS) is 11.2. The number of nitrogens with one attached hydrogen (secondary N) is 1. The second-order valence-electron chi connectivity index (χ2n) is 6.04. The van der Waals surface area contributed by atoms with E-state index in [0.29, 0.717) is 0 Å². The minimum atomic E-state index is -0.170. The number of aryl methyl sites for hydroxylation is 6. The van der Waals surface area contributed by atoms with Gasteiger partial charge in [0.15, 0.2) is 5.69 Å². The molecule has 0 saturated heterocycles. The van der Waals surface area contributed by atoms with E-state index < -0.39 is 0 Å². The maximum absolute atomic E-state index is 4.68. The Balaban J connectivity index is 2.25. The van der Waals surface area contributed by atoms with Crippen molar-refractivity contribution in [3.05, 3.63) is 52.4 Å². The van der Waals surface area contributed by atoms with Crippen LogP contribution in [0.1, 0.15) is 34.2 Å². The van der Waals surface area contributed by atoms with Crippen LogP contribution in [0.15, 0.2) is 18.2 Å².